The first-order chi connectivity index (χ1) is 12.8. The van der Waals surface area contributed by atoms with Crippen molar-refractivity contribution in [3.8, 4) is 0 Å². The molecule has 0 amide bonds. The fraction of sp³-hybridized carbons (Fsp3) is 0.350. The summed E-state index contributed by atoms with van der Waals surface area (Å²) in [6.07, 6.45) is 2.18. The largest absolute Gasteiger partial charge is 0.478 e. The molecule has 3 rings (SSSR count). The molecule has 144 valence electrons. The van der Waals surface area contributed by atoms with Crippen molar-refractivity contribution in [3.63, 3.8) is 0 Å². The van der Waals surface area contributed by atoms with Crippen molar-refractivity contribution in [1.29, 1.82) is 0 Å². The Morgan fingerprint density at radius 2 is 1.74 bits per heavy atom. The molecule has 1 aliphatic rings. The lowest BCUT2D eigenvalue weighted by atomic mass is 9.98. The van der Waals surface area contributed by atoms with E-state index in [0.717, 1.165) is 36.1 Å². The average Bonchev–Trinajstić information content (AvgIpc) is 3.11. The maximum absolute atomic E-state index is 10.5. The number of rotatable bonds is 2. The summed E-state index contributed by atoms with van der Waals surface area (Å²) in [5, 5.41) is 18.4. The number of carbonyl (C=O) groups is 1. The van der Waals surface area contributed by atoms with Crippen LogP contribution in [0.15, 0.2) is 36.4 Å². The Kier molecular flexibility index (Phi) is 10.5. The number of carboxylic acid groups (broad SMARTS) is 1. The number of aryl methyl sites for hydroxylation is 2. The standard InChI is InChI=1S/C8H7ClO2.C8H9ClO.C4H7BO/c1-5-3-2-4-6(7(5)9)8(10)11;1-6-3-2-4-7(5-10)8(6)9;5-4-2-1-3-6-4/h2-4H,1H3,(H,10,11);2-4,10H,5H2,1H3;4H,1-3H2. The highest BCUT2D eigenvalue weighted by Crippen LogP contribution is 2.20. The van der Waals surface area contributed by atoms with E-state index in [-0.39, 0.29) is 18.2 Å². The summed E-state index contributed by atoms with van der Waals surface area (Å²) in [5.74, 6) is -0.987. The van der Waals surface area contributed by atoms with E-state index in [9.17, 15) is 4.79 Å². The normalized spacial score (nSPS) is 15.2. The van der Waals surface area contributed by atoms with E-state index in [4.69, 9.17) is 46.0 Å². The predicted octanol–water partition coefficient (Wildman–Crippen LogP) is 4.78. The lowest BCUT2D eigenvalue weighted by Gasteiger charge is -2.01. The Morgan fingerprint density at radius 1 is 1.15 bits per heavy atom. The quantitative estimate of drug-likeness (QED) is 0.701. The number of hydrogen-bond donors (Lipinski definition) is 2. The Morgan fingerprint density at radius 3 is 2.11 bits per heavy atom. The van der Waals surface area contributed by atoms with Crippen LogP contribution in [0.2, 0.25) is 10.0 Å². The number of carboxylic acids is 1. The van der Waals surface area contributed by atoms with Gasteiger partial charge in [-0.15, -0.1) is 0 Å². The minimum Gasteiger partial charge on any atom is -0.478 e. The van der Waals surface area contributed by atoms with Crippen molar-refractivity contribution in [1.82, 2.24) is 0 Å². The number of ether oxygens (including phenoxy) is 1. The second kappa shape index (κ2) is 12.0. The fourth-order valence-corrected chi connectivity index (χ4v) is 2.64. The molecular formula is C20H23BCl2O4. The van der Waals surface area contributed by atoms with Gasteiger partial charge in [-0.1, -0.05) is 53.5 Å². The lowest BCUT2D eigenvalue weighted by Crippen LogP contribution is -2.01. The predicted molar refractivity (Wildman–Crippen MR) is 110 cm³/mol. The van der Waals surface area contributed by atoms with Gasteiger partial charge >= 0.3 is 5.97 Å². The summed E-state index contributed by atoms with van der Waals surface area (Å²) in [5.41, 5.74) is 2.74. The van der Waals surface area contributed by atoms with Gasteiger partial charge in [-0.05, 0) is 49.4 Å². The summed E-state index contributed by atoms with van der Waals surface area (Å²) >= 11 is 11.5. The van der Waals surface area contributed by atoms with Crippen LogP contribution in [0.3, 0.4) is 0 Å². The van der Waals surface area contributed by atoms with E-state index in [1.54, 1.807) is 19.1 Å². The highest BCUT2D eigenvalue weighted by molar-refractivity contribution is 6.34. The zero-order valence-electron chi connectivity index (χ0n) is 15.4. The van der Waals surface area contributed by atoms with Crippen LogP contribution in [-0.2, 0) is 11.3 Å². The van der Waals surface area contributed by atoms with Crippen LogP contribution in [0, 0.1) is 13.8 Å². The third-order valence-electron chi connectivity index (χ3n) is 3.83. The van der Waals surface area contributed by atoms with Gasteiger partial charge in [0.25, 0.3) is 0 Å². The first-order valence-electron chi connectivity index (χ1n) is 8.48. The van der Waals surface area contributed by atoms with E-state index in [1.165, 1.54) is 6.07 Å². The summed E-state index contributed by atoms with van der Waals surface area (Å²) in [6, 6.07) is 10.6. The first-order valence-corrected chi connectivity index (χ1v) is 9.24. The third-order valence-corrected chi connectivity index (χ3v) is 4.87. The van der Waals surface area contributed by atoms with Crippen LogP contribution in [0.4, 0.5) is 0 Å². The zero-order chi connectivity index (χ0) is 20.4. The molecule has 1 atom stereocenters. The number of benzene rings is 2. The van der Waals surface area contributed by atoms with E-state index in [1.807, 2.05) is 25.1 Å². The molecule has 0 saturated carbocycles. The van der Waals surface area contributed by atoms with Gasteiger partial charge in [0.05, 0.1) is 17.2 Å². The Balaban J connectivity index is 0.000000211. The minimum absolute atomic E-state index is 0.0144. The Hall–Kier alpha value is -1.53. The van der Waals surface area contributed by atoms with Crippen LogP contribution in [0.25, 0.3) is 0 Å². The molecule has 27 heavy (non-hydrogen) atoms. The van der Waals surface area contributed by atoms with Crippen LogP contribution in [0.5, 0.6) is 0 Å². The maximum Gasteiger partial charge on any atom is 0.337 e. The van der Waals surface area contributed by atoms with E-state index < -0.39 is 5.97 Å². The summed E-state index contributed by atoms with van der Waals surface area (Å²) < 4.78 is 4.93. The molecule has 2 aromatic carbocycles. The van der Waals surface area contributed by atoms with Crippen LogP contribution in [0.1, 0.15) is 39.9 Å². The number of aromatic carboxylic acids is 1. The number of hydrogen-bond acceptors (Lipinski definition) is 3. The van der Waals surface area contributed by atoms with Gasteiger partial charge in [0.2, 0.25) is 0 Å². The van der Waals surface area contributed by atoms with Gasteiger partial charge < -0.3 is 14.9 Å². The topological polar surface area (TPSA) is 66.8 Å². The van der Waals surface area contributed by atoms with Crippen LogP contribution in [-0.4, -0.2) is 36.6 Å². The molecule has 2 aromatic rings. The molecule has 0 spiro atoms. The molecule has 4 nitrogen and oxygen atoms in total. The molecule has 2 N–H and O–H groups in total. The second-order valence-corrected chi connectivity index (χ2v) is 6.76. The van der Waals surface area contributed by atoms with Crippen molar-refractivity contribution < 1.29 is 19.7 Å². The van der Waals surface area contributed by atoms with Crippen molar-refractivity contribution in [2.75, 3.05) is 6.61 Å². The maximum atomic E-state index is 10.5. The van der Waals surface area contributed by atoms with Gasteiger partial charge in [0, 0.05) is 17.6 Å². The van der Waals surface area contributed by atoms with Gasteiger partial charge in [0.15, 0.2) is 0 Å². The lowest BCUT2D eigenvalue weighted by molar-refractivity contribution is 0.0697. The third kappa shape index (κ3) is 7.93. The van der Waals surface area contributed by atoms with Crippen LogP contribution < -0.4 is 0 Å². The number of halogens is 2. The molecule has 0 aliphatic carbocycles. The highest BCUT2D eigenvalue weighted by Gasteiger charge is 2.08. The number of aliphatic hydroxyl groups excluding tert-OH is 1. The van der Waals surface area contributed by atoms with Crippen molar-refractivity contribution in [2.24, 2.45) is 0 Å². The van der Waals surface area contributed by atoms with Gasteiger partial charge in [-0.25, -0.2) is 4.79 Å². The number of aliphatic hydroxyl groups is 1. The minimum atomic E-state index is -0.987. The monoisotopic (exact) mass is 408 g/mol. The van der Waals surface area contributed by atoms with Crippen molar-refractivity contribution >= 4 is 37.0 Å². The molecule has 0 bridgehead atoms. The zero-order valence-corrected chi connectivity index (χ0v) is 16.9. The van der Waals surface area contributed by atoms with Gasteiger partial charge in [-0.3, -0.25) is 0 Å². The Bertz CT molecular complexity index is 747. The fourth-order valence-electron chi connectivity index (χ4n) is 2.25. The molecule has 1 heterocycles. The van der Waals surface area contributed by atoms with Crippen LogP contribution >= 0.6 is 23.2 Å². The smallest absolute Gasteiger partial charge is 0.337 e. The van der Waals surface area contributed by atoms with E-state index in [0.29, 0.717) is 10.0 Å². The highest BCUT2D eigenvalue weighted by atomic mass is 35.5. The summed E-state index contributed by atoms with van der Waals surface area (Å²) in [7, 11) is 5.31. The van der Waals surface area contributed by atoms with Crippen molar-refractivity contribution in [3.05, 3.63) is 68.7 Å². The van der Waals surface area contributed by atoms with Gasteiger partial charge in [0.1, 0.15) is 7.85 Å². The summed E-state index contributed by atoms with van der Waals surface area (Å²) in [6.45, 7) is 4.57. The van der Waals surface area contributed by atoms with E-state index >= 15 is 0 Å². The Labute approximate surface area is 171 Å². The molecule has 1 unspecified atom stereocenters. The van der Waals surface area contributed by atoms with Crippen molar-refractivity contribution in [2.45, 2.75) is 39.3 Å². The molecule has 7 heteroatoms. The van der Waals surface area contributed by atoms with Gasteiger partial charge in [-0.2, -0.15) is 0 Å². The molecule has 2 radical (unpaired) electrons. The molecule has 1 aliphatic heterocycles. The van der Waals surface area contributed by atoms with E-state index in [2.05, 4.69) is 0 Å². The SMILES string of the molecule is Cc1cccc(C(=O)O)c1Cl.Cc1cccc(CO)c1Cl.[B]C1CCCO1. The molecule has 0 aromatic heterocycles. The second-order valence-electron chi connectivity index (χ2n) is 6.00. The molecular weight excluding hydrogens is 386 g/mol. The average molecular weight is 409 g/mol. The summed E-state index contributed by atoms with van der Waals surface area (Å²) in [4.78, 5) is 10.5. The first kappa shape index (κ1) is 23.5. The molecule has 1 saturated heterocycles. The molecule has 1 fully saturated rings.